The number of rotatable bonds is 2. The van der Waals surface area contributed by atoms with E-state index in [0.717, 1.165) is 13.0 Å². The standard InChI is InChI=1S/C11H13NO/c1-3-8-5-10-6-9(4-2)11(13)12(10)7-8/h3-5,9-10H,1-2,6-7H2. The van der Waals surface area contributed by atoms with Crippen LogP contribution in [0.15, 0.2) is 37.0 Å². The molecule has 0 spiro atoms. The van der Waals surface area contributed by atoms with Crippen molar-refractivity contribution in [2.45, 2.75) is 12.5 Å². The third-order valence-electron chi connectivity index (χ3n) is 2.80. The zero-order valence-electron chi connectivity index (χ0n) is 7.57. The van der Waals surface area contributed by atoms with Crippen LogP contribution in [-0.2, 0) is 4.79 Å². The van der Waals surface area contributed by atoms with Crippen molar-refractivity contribution in [3.05, 3.63) is 37.0 Å². The molecule has 13 heavy (non-hydrogen) atoms. The van der Waals surface area contributed by atoms with Crippen molar-refractivity contribution < 1.29 is 4.79 Å². The average molecular weight is 175 g/mol. The first-order chi connectivity index (χ1) is 6.26. The molecule has 1 fully saturated rings. The van der Waals surface area contributed by atoms with Crippen LogP contribution in [0, 0.1) is 5.92 Å². The smallest absolute Gasteiger partial charge is 0.230 e. The maximum atomic E-state index is 11.7. The van der Waals surface area contributed by atoms with E-state index in [4.69, 9.17) is 0 Å². The molecule has 0 bridgehead atoms. The third-order valence-corrected chi connectivity index (χ3v) is 2.80. The summed E-state index contributed by atoms with van der Waals surface area (Å²) < 4.78 is 0. The molecular weight excluding hydrogens is 162 g/mol. The number of nitrogens with zero attached hydrogens (tertiary/aromatic N) is 1. The van der Waals surface area contributed by atoms with Crippen molar-refractivity contribution in [3.8, 4) is 0 Å². The molecule has 1 amide bonds. The molecular formula is C11H13NO. The second kappa shape index (κ2) is 2.87. The van der Waals surface area contributed by atoms with Gasteiger partial charge in [0.15, 0.2) is 0 Å². The summed E-state index contributed by atoms with van der Waals surface area (Å²) >= 11 is 0. The van der Waals surface area contributed by atoms with E-state index in [1.807, 2.05) is 11.0 Å². The zero-order chi connectivity index (χ0) is 9.42. The molecule has 2 rings (SSSR count). The second-order valence-electron chi connectivity index (χ2n) is 3.56. The van der Waals surface area contributed by atoms with Crippen molar-refractivity contribution in [1.29, 1.82) is 0 Å². The van der Waals surface area contributed by atoms with Gasteiger partial charge in [-0.05, 0) is 12.0 Å². The second-order valence-corrected chi connectivity index (χ2v) is 3.56. The van der Waals surface area contributed by atoms with Crippen LogP contribution in [0.1, 0.15) is 6.42 Å². The minimum Gasteiger partial charge on any atom is -0.331 e. The van der Waals surface area contributed by atoms with E-state index in [1.54, 1.807) is 6.08 Å². The minimum atomic E-state index is 0.0348. The molecule has 2 aliphatic heterocycles. The fraction of sp³-hybridized carbons (Fsp3) is 0.364. The third kappa shape index (κ3) is 1.13. The van der Waals surface area contributed by atoms with E-state index < -0.39 is 0 Å². The van der Waals surface area contributed by atoms with Crippen molar-refractivity contribution >= 4 is 5.91 Å². The maximum absolute atomic E-state index is 11.7. The van der Waals surface area contributed by atoms with Gasteiger partial charge in [0.25, 0.3) is 0 Å². The van der Waals surface area contributed by atoms with E-state index >= 15 is 0 Å². The number of hydrogen-bond acceptors (Lipinski definition) is 1. The van der Waals surface area contributed by atoms with Crippen molar-refractivity contribution in [2.75, 3.05) is 6.54 Å². The predicted octanol–water partition coefficient (Wildman–Crippen LogP) is 1.52. The van der Waals surface area contributed by atoms with Gasteiger partial charge in [-0.15, -0.1) is 6.58 Å². The molecule has 0 aromatic carbocycles. The van der Waals surface area contributed by atoms with Crippen molar-refractivity contribution in [3.63, 3.8) is 0 Å². The molecule has 2 unspecified atom stereocenters. The molecule has 2 heterocycles. The molecule has 0 aromatic heterocycles. The highest BCUT2D eigenvalue weighted by atomic mass is 16.2. The van der Waals surface area contributed by atoms with E-state index in [9.17, 15) is 4.79 Å². The minimum absolute atomic E-state index is 0.0348. The Bertz CT molecular complexity index is 303. The molecule has 68 valence electrons. The van der Waals surface area contributed by atoms with Gasteiger partial charge in [-0.3, -0.25) is 4.79 Å². The molecule has 0 aliphatic carbocycles. The predicted molar refractivity (Wildman–Crippen MR) is 52.1 cm³/mol. The quantitative estimate of drug-likeness (QED) is 0.583. The molecule has 0 saturated carbocycles. The van der Waals surface area contributed by atoms with E-state index in [-0.39, 0.29) is 11.8 Å². The van der Waals surface area contributed by atoms with Gasteiger partial charge >= 0.3 is 0 Å². The van der Waals surface area contributed by atoms with Gasteiger partial charge in [0, 0.05) is 6.54 Å². The average Bonchev–Trinajstić information content (AvgIpc) is 2.65. The molecule has 0 N–H and O–H groups in total. The van der Waals surface area contributed by atoms with Gasteiger partial charge in [-0.2, -0.15) is 0 Å². The summed E-state index contributed by atoms with van der Waals surface area (Å²) in [6.45, 7) is 8.11. The molecule has 0 aromatic rings. The van der Waals surface area contributed by atoms with E-state index in [0.29, 0.717) is 6.04 Å². The van der Waals surface area contributed by atoms with Crippen molar-refractivity contribution in [2.24, 2.45) is 5.92 Å². The Morgan fingerprint density at radius 2 is 2.31 bits per heavy atom. The molecule has 2 atom stereocenters. The number of amides is 1. The van der Waals surface area contributed by atoms with E-state index in [1.165, 1.54) is 5.57 Å². The summed E-state index contributed by atoms with van der Waals surface area (Å²) in [6, 6.07) is 0.295. The van der Waals surface area contributed by atoms with Crippen LogP contribution in [0.25, 0.3) is 0 Å². The van der Waals surface area contributed by atoms with Gasteiger partial charge in [0.05, 0.1) is 12.0 Å². The Labute approximate surface area is 78.2 Å². The molecule has 2 nitrogen and oxygen atoms in total. The topological polar surface area (TPSA) is 20.3 Å². The lowest BCUT2D eigenvalue weighted by atomic mass is 10.0. The fourth-order valence-corrected chi connectivity index (χ4v) is 2.04. The molecule has 2 heteroatoms. The lowest BCUT2D eigenvalue weighted by Crippen LogP contribution is -2.29. The van der Waals surface area contributed by atoms with Crippen LogP contribution >= 0.6 is 0 Å². The monoisotopic (exact) mass is 175 g/mol. The van der Waals surface area contributed by atoms with Gasteiger partial charge < -0.3 is 4.90 Å². The molecule has 1 saturated heterocycles. The Morgan fingerprint density at radius 3 is 2.85 bits per heavy atom. The van der Waals surface area contributed by atoms with Gasteiger partial charge in [0.1, 0.15) is 0 Å². The lowest BCUT2D eigenvalue weighted by molar-refractivity contribution is -0.129. The van der Waals surface area contributed by atoms with Crippen LogP contribution in [0.4, 0.5) is 0 Å². The van der Waals surface area contributed by atoms with Crippen LogP contribution in [0.2, 0.25) is 0 Å². The number of carbonyl (C=O) groups is 1. The molecule has 2 aliphatic rings. The Balaban J connectivity index is 2.20. The first-order valence-electron chi connectivity index (χ1n) is 4.52. The molecule has 0 radical (unpaired) electrons. The summed E-state index contributed by atoms with van der Waals surface area (Å²) in [5.41, 5.74) is 1.17. The number of hydrogen-bond donors (Lipinski definition) is 0. The fourth-order valence-electron chi connectivity index (χ4n) is 2.04. The van der Waals surface area contributed by atoms with Gasteiger partial charge in [-0.1, -0.05) is 24.8 Å². The Hall–Kier alpha value is -1.31. The Kier molecular flexibility index (Phi) is 1.83. The van der Waals surface area contributed by atoms with Crippen LogP contribution < -0.4 is 0 Å². The normalized spacial score (nSPS) is 31.5. The summed E-state index contributed by atoms with van der Waals surface area (Å²) in [6.07, 6.45) is 6.60. The van der Waals surface area contributed by atoms with Crippen LogP contribution in [0.3, 0.4) is 0 Å². The first kappa shape index (κ1) is 8.30. The highest BCUT2D eigenvalue weighted by molar-refractivity contribution is 5.84. The van der Waals surface area contributed by atoms with E-state index in [2.05, 4.69) is 19.2 Å². The SMILES string of the molecule is C=CC1=CC2CC(C=C)C(=O)N2C1. The summed E-state index contributed by atoms with van der Waals surface area (Å²) in [5, 5.41) is 0. The van der Waals surface area contributed by atoms with Crippen LogP contribution in [-0.4, -0.2) is 23.4 Å². The van der Waals surface area contributed by atoms with Crippen LogP contribution in [0.5, 0.6) is 0 Å². The largest absolute Gasteiger partial charge is 0.331 e. The summed E-state index contributed by atoms with van der Waals surface area (Å²) in [5.74, 6) is 0.251. The first-order valence-corrected chi connectivity index (χ1v) is 4.52. The number of fused-ring (bicyclic) bond motifs is 1. The lowest BCUT2D eigenvalue weighted by Gasteiger charge is -2.14. The highest BCUT2D eigenvalue weighted by Crippen LogP contribution is 2.31. The number of carbonyl (C=O) groups excluding carboxylic acids is 1. The summed E-state index contributed by atoms with van der Waals surface area (Å²) in [4.78, 5) is 13.6. The zero-order valence-corrected chi connectivity index (χ0v) is 7.57. The summed E-state index contributed by atoms with van der Waals surface area (Å²) in [7, 11) is 0. The van der Waals surface area contributed by atoms with Gasteiger partial charge in [0.2, 0.25) is 5.91 Å². The highest BCUT2D eigenvalue weighted by Gasteiger charge is 2.39. The Morgan fingerprint density at radius 1 is 1.54 bits per heavy atom. The maximum Gasteiger partial charge on any atom is 0.230 e. The van der Waals surface area contributed by atoms with Crippen molar-refractivity contribution in [1.82, 2.24) is 4.90 Å². The van der Waals surface area contributed by atoms with Gasteiger partial charge in [-0.25, -0.2) is 0 Å².